The molecule has 0 saturated carbocycles. The molecule has 1 amide bonds. The van der Waals surface area contributed by atoms with E-state index in [2.05, 4.69) is 15.4 Å². The molecule has 0 radical (unpaired) electrons. The van der Waals surface area contributed by atoms with E-state index >= 15 is 0 Å². The van der Waals surface area contributed by atoms with E-state index in [4.69, 9.17) is 5.73 Å². The maximum Gasteiger partial charge on any atom is 0.255 e. The van der Waals surface area contributed by atoms with Gasteiger partial charge in [-0.25, -0.2) is 14.1 Å². The van der Waals surface area contributed by atoms with Crippen LogP contribution in [-0.4, -0.2) is 27.2 Å². The second-order valence-electron chi connectivity index (χ2n) is 5.87. The lowest BCUT2D eigenvalue weighted by Crippen LogP contribution is -2.24. The van der Waals surface area contributed by atoms with Crippen molar-refractivity contribution in [2.75, 3.05) is 12.3 Å². The third-order valence-electron chi connectivity index (χ3n) is 4.25. The minimum atomic E-state index is -0.275. The van der Waals surface area contributed by atoms with Crippen molar-refractivity contribution < 1.29 is 9.18 Å². The zero-order valence-corrected chi connectivity index (χ0v) is 12.9. The zero-order chi connectivity index (χ0) is 16.7. The lowest BCUT2D eigenvalue weighted by Gasteiger charge is -2.10. The van der Waals surface area contributed by atoms with Gasteiger partial charge >= 0.3 is 0 Å². The molecule has 0 spiro atoms. The Balaban J connectivity index is 1.81. The highest BCUT2D eigenvalue weighted by Gasteiger charge is 2.23. The lowest BCUT2D eigenvalue weighted by molar-refractivity contribution is 0.0957. The van der Waals surface area contributed by atoms with Crippen molar-refractivity contribution in [1.82, 2.24) is 20.1 Å². The van der Waals surface area contributed by atoms with Crippen LogP contribution in [0.25, 0.3) is 11.0 Å². The summed E-state index contributed by atoms with van der Waals surface area (Å²) in [5.74, 6) is -0.455. The van der Waals surface area contributed by atoms with Crippen molar-refractivity contribution in [2.24, 2.45) is 0 Å². The first-order chi connectivity index (χ1) is 11.6. The normalized spacial score (nSPS) is 14.3. The number of amides is 1. The molecule has 0 atom stereocenters. The number of hydrogen-bond donors (Lipinski definition) is 2. The van der Waals surface area contributed by atoms with Gasteiger partial charge in [-0.15, -0.1) is 0 Å². The highest BCUT2D eigenvalue weighted by molar-refractivity contribution is 6.07. The van der Waals surface area contributed by atoms with E-state index in [1.807, 2.05) is 0 Å². The highest BCUT2D eigenvalue weighted by atomic mass is 19.1. The average Bonchev–Trinajstić information content (AvgIpc) is 2.86. The van der Waals surface area contributed by atoms with Crippen LogP contribution in [0.4, 0.5) is 10.1 Å². The Morgan fingerprint density at radius 2 is 2.08 bits per heavy atom. The van der Waals surface area contributed by atoms with Crippen LogP contribution in [0.3, 0.4) is 0 Å². The number of carbonyl (C=O) groups is 1. The molecule has 0 aliphatic carbocycles. The third-order valence-corrected chi connectivity index (χ3v) is 4.25. The van der Waals surface area contributed by atoms with E-state index in [1.54, 1.807) is 23.0 Å². The predicted octanol–water partition coefficient (Wildman–Crippen LogP) is 1.88. The number of nitrogens with two attached hydrogens (primary N) is 1. The molecule has 0 saturated heterocycles. The molecule has 1 aliphatic heterocycles. The number of anilines is 1. The van der Waals surface area contributed by atoms with E-state index in [0.29, 0.717) is 47.5 Å². The topological polar surface area (TPSA) is 85.8 Å². The van der Waals surface area contributed by atoms with Crippen LogP contribution in [0.1, 0.15) is 28.0 Å². The molecule has 6 nitrogen and oxygen atoms in total. The van der Waals surface area contributed by atoms with Crippen LogP contribution in [-0.2, 0) is 13.0 Å². The minimum absolute atomic E-state index is 0.180. The first-order valence-electron chi connectivity index (χ1n) is 7.80. The monoisotopic (exact) mass is 325 g/mol. The van der Waals surface area contributed by atoms with Crippen molar-refractivity contribution in [1.29, 1.82) is 0 Å². The maximum atomic E-state index is 13.0. The van der Waals surface area contributed by atoms with Gasteiger partial charge in [-0.2, -0.15) is 5.10 Å². The van der Waals surface area contributed by atoms with Gasteiger partial charge in [0.15, 0.2) is 5.65 Å². The van der Waals surface area contributed by atoms with Crippen molar-refractivity contribution in [3.8, 4) is 0 Å². The molecule has 7 heteroatoms. The predicted molar refractivity (Wildman–Crippen MR) is 88.1 cm³/mol. The van der Waals surface area contributed by atoms with Crippen LogP contribution in [0.15, 0.2) is 30.5 Å². The fourth-order valence-electron chi connectivity index (χ4n) is 3.02. The summed E-state index contributed by atoms with van der Waals surface area (Å²) < 4.78 is 14.8. The maximum absolute atomic E-state index is 13.0. The summed E-state index contributed by atoms with van der Waals surface area (Å²) >= 11 is 0. The number of rotatable bonds is 2. The van der Waals surface area contributed by atoms with Crippen molar-refractivity contribution in [3.63, 3.8) is 0 Å². The van der Waals surface area contributed by atoms with E-state index < -0.39 is 0 Å². The average molecular weight is 325 g/mol. The minimum Gasteiger partial charge on any atom is -0.397 e. The molecule has 3 N–H and O–H groups in total. The Hall–Kier alpha value is -2.96. The van der Waals surface area contributed by atoms with Crippen molar-refractivity contribution in [3.05, 3.63) is 53.1 Å². The van der Waals surface area contributed by atoms with Gasteiger partial charge in [-0.3, -0.25) is 4.79 Å². The molecule has 3 heterocycles. The van der Waals surface area contributed by atoms with Gasteiger partial charge in [-0.05, 0) is 30.5 Å². The third kappa shape index (κ3) is 2.38. The van der Waals surface area contributed by atoms with Gasteiger partial charge in [0, 0.05) is 6.54 Å². The SMILES string of the molecule is Nc1c2c(nc3c1cnn3Cc1ccc(F)cc1)CCCNC2=O. The second kappa shape index (κ2) is 5.59. The lowest BCUT2D eigenvalue weighted by atomic mass is 10.1. The quantitative estimate of drug-likeness (QED) is 0.753. The van der Waals surface area contributed by atoms with Crippen molar-refractivity contribution >= 4 is 22.6 Å². The summed E-state index contributed by atoms with van der Waals surface area (Å²) in [6.07, 6.45) is 3.14. The molecule has 24 heavy (non-hydrogen) atoms. The Morgan fingerprint density at radius 1 is 1.29 bits per heavy atom. The number of nitrogens with one attached hydrogen (secondary N) is 1. The summed E-state index contributed by atoms with van der Waals surface area (Å²) in [7, 11) is 0. The molecule has 2 aromatic heterocycles. The summed E-state index contributed by atoms with van der Waals surface area (Å²) in [5.41, 5.74) is 9.36. The molecule has 0 unspecified atom stereocenters. The van der Waals surface area contributed by atoms with Gasteiger partial charge in [0.25, 0.3) is 5.91 Å². The van der Waals surface area contributed by atoms with E-state index in [-0.39, 0.29) is 11.7 Å². The van der Waals surface area contributed by atoms with Gasteiger partial charge in [-0.1, -0.05) is 12.1 Å². The number of fused-ring (bicyclic) bond motifs is 2. The van der Waals surface area contributed by atoms with E-state index in [0.717, 1.165) is 12.0 Å². The van der Waals surface area contributed by atoms with Crippen molar-refractivity contribution in [2.45, 2.75) is 19.4 Å². The summed E-state index contributed by atoms with van der Waals surface area (Å²) in [6, 6.07) is 6.25. The first-order valence-corrected chi connectivity index (χ1v) is 7.80. The number of nitrogen functional groups attached to an aromatic ring is 1. The van der Waals surface area contributed by atoms with Gasteiger partial charge < -0.3 is 11.1 Å². The second-order valence-corrected chi connectivity index (χ2v) is 5.87. The fraction of sp³-hybridized carbons (Fsp3) is 0.235. The van der Waals surface area contributed by atoms with Gasteiger partial charge in [0.1, 0.15) is 5.82 Å². The van der Waals surface area contributed by atoms with Crippen LogP contribution >= 0.6 is 0 Å². The van der Waals surface area contributed by atoms with Gasteiger partial charge in [0.2, 0.25) is 0 Å². The fourth-order valence-corrected chi connectivity index (χ4v) is 3.02. The molecular weight excluding hydrogens is 309 g/mol. The smallest absolute Gasteiger partial charge is 0.255 e. The number of nitrogens with zero attached hydrogens (tertiary/aromatic N) is 3. The van der Waals surface area contributed by atoms with Crippen LogP contribution in [0, 0.1) is 5.82 Å². The molecule has 3 aromatic rings. The standard InChI is InChI=1S/C17H16FN5O/c18-11-5-3-10(4-6-11)9-23-16-12(8-21-23)15(19)14-13(22-16)2-1-7-20-17(14)24/h3-6,8H,1-2,7,9H2,(H2,19,22)(H,20,24). The van der Waals surface area contributed by atoms with Crippen LogP contribution < -0.4 is 11.1 Å². The molecule has 122 valence electrons. The van der Waals surface area contributed by atoms with Crippen LogP contribution in [0.5, 0.6) is 0 Å². The number of benzene rings is 1. The number of hydrogen-bond acceptors (Lipinski definition) is 4. The van der Waals surface area contributed by atoms with Crippen LogP contribution in [0.2, 0.25) is 0 Å². The van der Waals surface area contributed by atoms with E-state index in [9.17, 15) is 9.18 Å². The summed E-state index contributed by atoms with van der Waals surface area (Å²) in [5, 5.41) is 7.84. The Kier molecular flexibility index (Phi) is 3.41. The Bertz CT molecular complexity index is 932. The Labute approximate surface area is 137 Å². The number of halogens is 1. The van der Waals surface area contributed by atoms with Gasteiger partial charge in [0.05, 0.1) is 35.1 Å². The summed E-state index contributed by atoms with van der Waals surface area (Å²) in [4.78, 5) is 16.9. The number of aromatic nitrogens is 3. The number of aryl methyl sites for hydroxylation is 1. The summed E-state index contributed by atoms with van der Waals surface area (Å²) in [6.45, 7) is 1.08. The first kappa shape index (κ1) is 14.6. The molecular formula is C17H16FN5O. The van der Waals surface area contributed by atoms with E-state index in [1.165, 1.54) is 12.1 Å². The molecule has 0 fully saturated rings. The largest absolute Gasteiger partial charge is 0.397 e. The highest BCUT2D eigenvalue weighted by Crippen LogP contribution is 2.28. The number of pyridine rings is 1. The Morgan fingerprint density at radius 3 is 2.88 bits per heavy atom. The number of carbonyl (C=O) groups excluding carboxylic acids is 1. The molecule has 1 aliphatic rings. The molecule has 1 aromatic carbocycles. The molecule has 4 rings (SSSR count). The molecule has 0 bridgehead atoms. The zero-order valence-electron chi connectivity index (χ0n) is 12.9.